The van der Waals surface area contributed by atoms with Gasteiger partial charge in [-0.05, 0) is 30.2 Å². The van der Waals surface area contributed by atoms with Gasteiger partial charge < -0.3 is 5.73 Å². The SMILES string of the molecule is Cc1ccc(Br)cc1C(N)C(=O)NN(C)C. The van der Waals surface area contributed by atoms with Gasteiger partial charge in [0, 0.05) is 18.6 Å². The molecular formula is C11H16BrN3O. The summed E-state index contributed by atoms with van der Waals surface area (Å²) >= 11 is 3.37. The van der Waals surface area contributed by atoms with Gasteiger partial charge in [0.2, 0.25) is 0 Å². The van der Waals surface area contributed by atoms with E-state index in [9.17, 15) is 4.79 Å². The lowest BCUT2D eigenvalue weighted by Crippen LogP contribution is -2.42. The molecule has 16 heavy (non-hydrogen) atoms. The molecule has 0 aliphatic rings. The molecule has 88 valence electrons. The minimum absolute atomic E-state index is 0.216. The Kier molecular flexibility index (Phi) is 4.46. The number of halogens is 1. The number of hydrazine groups is 1. The van der Waals surface area contributed by atoms with Crippen LogP contribution in [0.15, 0.2) is 22.7 Å². The van der Waals surface area contributed by atoms with Crippen LogP contribution in [0.25, 0.3) is 0 Å². The predicted octanol–water partition coefficient (Wildman–Crippen LogP) is 1.35. The summed E-state index contributed by atoms with van der Waals surface area (Å²) in [6, 6.07) is 5.08. The van der Waals surface area contributed by atoms with Crippen molar-refractivity contribution < 1.29 is 4.79 Å². The molecule has 1 atom stereocenters. The summed E-state index contributed by atoms with van der Waals surface area (Å²) in [6.45, 7) is 1.94. The third-order valence-corrected chi connectivity index (χ3v) is 2.69. The van der Waals surface area contributed by atoms with Crippen molar-refractivity contribution in [3.8, 4) is 0 Å². The number of carbonyl (C=O) groups is 1. The summed E-state index contributed by atoms with van der Waals surface area (Å²) < 4.78 is 0.918. The molecule has 0 aliphatic heterocycles. The summed E-state index contributed by atoms with van der Waals surface area (Å²) in [5, 5.41) is 1.58. The summed E-state index contributed by atoms with van der Waals surface area (Å²) in [4.78, 5) is 11.7. The quantitative estimate of drug-likeness (QED) is 0.825. The van der Waals surface area contributed by atoms with Crippen LogP contribution < -0.4 is 11.2 Å². The van der Waals surface area contributed by atoms with E-state index < -0.39 is 6.04 Å². The fourth-order valence-electron chi connectivity index (χ4n) is 1.38. The van der Waals surface area contributed by atoms with Crippen molar-refractivity contribution in [2.75, 3.05) is 14.1 Å². The Morgan fingerprint density at radius 3 is 2.69 bits per heavy atom. The zero-order valence-electron chi connectivity index (χ0n) is 9.62. The first-order valence-corrected chi connectivity index (χ1v) is 5.70. The van der Waals surface area contributed by atoms with Gasteiger partial charge in [-0.1, -0.05) is 22.0 Å². The summed E-state index contributed by atoms with van der Waals surface area (Å²) in [6.07, 6.45) is 0. The molecule has 0 aromatic heterocycles. The van der Waals surface area contributed by atoms with E-state index in [2.05, 4.69) is 21.4 Å². The molecule has 0 radical (unpaired) electrons. The van der Waals surface area contributed by atoms with Gasteiger partial charge in [-0.15, -0.1) is 0 Å². The molecule has 1 rings (SSSR count). The number of carbonyl (C=O) groups excluding carboxylic acids is 1. The topological polar surface area (TPSA) is 58.4 Å². The Hall–Kier alpha value is -0.910. The van der Waals surface area contributed by atoms with Gasteiger partial charge >= 0.3 is 0 Å². The highest BCUT2D eigenvalue weighted by molar-refractivity contribution is 9.10. The van der Waals surface area contributed by atoms with E-state index in [0.29, 0.717) is 0 Å². The van der Waals surface area contributed by atoms with Crippen LogP contribution in [0.3, 0.4) is 0 Å². The Morgan fingerprint density at radius 1 is 1.50 bits per heavy atom. The summed E-state index contributed by atoms with van der Waals surface area (Å²) in [5.41, 5.74) is 10.4. The van der Waals surface area contributed by atoms with Crippen molar-refractivity contribution in [3.63, 3.8) is 0 Å². The molecule has 0 saturated carbocycles. The van der Waals surface area contributed by atoms with E-state index in [1.807, 2.05) is 25.1 Å². The van der Waals surface area contributed by atoms with E-state index >= 15 is 0 Å². The first-order valence-electron chi connectivity index (χ1n) is 4.91. The van der Waals surface area contributed by atoms with Gasteiger partial charge in [0.05, 0.1) is 0 Å². The second-order valence-electron chi connectivity index (χ2n) is 3.85. The molecule has 0 aliphatic carbocycles. The van der Waals surface area contributed by atoms with E-state index in [0.717, 1.165) is 15.6 Å². The molecule has 0 saturated heterocycles. The zero-order chi connectivity index (χ0) is 12.3. The smallest absolute Gasteiger partial charge is 0.255 e. The molecule has 0 heterocycles. The molecule has 3 N–H and O–H groups in total. The monoisotopic (exact) mass is 285 g/mol. The molecule has 1 aromatic rings. The maximum atomic E-state index is 11.7. The van der Waals surface area contributed by atoms with E-state index in [1.165, 1.54) is 0 Å². The van der Waals surface area contributed by atoms with Crippen LogP contribution in [0.1, 0.15) is 17.2 Å². The van der Waals surface area contributed by atoms with Crippen LogP contribution in [0, 0.1) is 6.92 Å². The highest BCUT2D eigenvalue weighted by Gasteiger charge is 2.18. The fourth-order valence-corrected chi connectivity index (χ4v) is 1.76. The first-order chi connectivity index (χ1) is 7.41. The Bertz CT molecular complexity index is 393. The van der Waals surface area contributed by atoms with Crippen LogP contribution >= 0.6 is 15.9 Å². The Balaban J connectivity index is 2.91. The van der Waals surface area contributed by atoms with Crippen LogP contribution in [0.4, 0.5) is 0 Å². The second-order valence-corrected chi connectivity index (χ2v) is 4.76. The van der Waals surface area contributed by atoms with Crippen LogP contribution in [0.2, 0.25) is 0 Å². The lowest BCUT2D eigenvalue weighted by atomic mass is 10.0. The lowest BCUT2D eigenvalue weighted by molar-refractivity contribution is -0.126. The maximum Gasteiger partial charge on any atom is 0.255 e. The molecular weight excluding hydrogens is 270 g/mol. The third-order valence-electron chi connectivity index (χ3n) is 2.19. The van der Waals surface area contributed by atoms with Crippen molar-refractivity contribution >= 4 is 21.8 Å². The van der Waals surface area contributed by atoms with Crippen molar-refractivity contribution in [1.82, 2.24) is 10.4 Å². The minimum atomic E-state index is -0.653. The van der Waals surface area contributed by atoms with Gasteiger partial charge in [0.1, 0.15) is 6.04 Å². The largest absolute Gasteiger partial charge is 0.316 e. The highest BCUT2D eigenvalue weighted by Crippen LogP contribution is 2.21. The number of rotatable bonds is 3. The first kappa shape index (κ1) is 13.2. The lowest BCUT2D eigenvalue weighted by Gasteiger charge is -2.18. The van der Waals surface area contributed by atoms with Crippen molar-refractivity contribution in [1.29, 1.82) is 0 Å². The Labute approximate surface area is 104 Å². The second kappa shape index (κ2) is 5.43. The van der Waals surface area contributed by atoms with Gasteiger partial charge in [0.15, 0.2) is 0 Å². The van der Waals surface area contributed by atoms with Gasteiger partial charge in [-0.25, -0.2) is 5.01 Å². The van der Waals surface area contributed by atoms with Gasteiger partial charge in [-0.3, -0.25) is 10.2 Å². The minimum Gasteiger partial charge on any atom is -0.316 e. The third kappa shape index (κ3) is 3.30. The molecule has 1 amide bonds. The summed E-state index contributed by atoms with van der Waals surface area (Å²) in [5.74, 6) is -0.216. The molecule has 0 spiro atoms. The molecule has 0 fully saturated rings. The zero-order valence-corrected chi connectivity index (χ0v) is 11.2. The number of aryl methyl sites for hydroxylation is 1. The van der Waals surface area contributed by atoms with Crippen LogP contribution in [-0.2, 0) is 4.79 Å². The molecule has 1 aromatic carbocycles. The number of nitrogens with zero attached hydrogens (tertiary/aromatic N) is 1. The normalized spacial score (nSPS) is 12.6. The van der Waals surface area contributed by atoms with Crippen LogP contribution in [0.5, 0.6) is 0 Å². The van der Waals surface area contributed by atoms with Crippen molar-refractivity contribution in [3.05, 3.63) is 33.8 Å². The molecule has 0 bridgehead atoms. The van der Waals surface area contributed by atoms with Crippen LogP contribution in [-0.4, -0.2) is 25.0 Å². The average Bonchev–Trinajstić information content (AvgIpc) is 2.19. The number of amides is 1. The number of nitrogens with two attached hydrogens (primary N) is 1. The van der Waals surface area contributed by atoms with E-state index in [4.69, 9.17) is 5.73 Å². The van der Waals surface area contributed by atoms with Crippen molar-refractivity contribution in [2.45, 2.75) is 13.0 Å². The number of hydrogen-bond donors (Lipinski definition) is 2. The van der Waals surface area contributed by atoms with Gasteiger partial charge in [-0.2, -0.15) is 0 Å². The fraction of sp³-hybridized carbons (Fsp3) is 0.364. The predicted molar refractivity (Wildman–Crippen MR) is 67.6 cm³/mol. The highest BCUT2D eigenvalue weighted by atomic mass is 79.9. The maximum absolute atomic E-state index is 11.7. The van der Waals surface area contributed by atoms with Crippen molar-refractivity contribution in [2.24, 2.45) is 5.73 Å². The number of nitrogens with one attached hydrogen (secondary N) is 1. The molecule has 4 nitrogen and oxygen atoms in total. The average molecular weight is 286 g/mol. The molecule has 5 heteroatoms. The Morgan fingerprint density at radius 2 is 2.12 bits per heavy atom. The summed E-state index contributed by atoms with van der Waals surface area (Å²) in [7, 11) is 3.50. The van der Waals surface area contributed by atoms with E-state index in [-0.39, 0.29) is 5.91 Å². The number of hydrogen-bond acceptors (Lipinski definition) is 3. The van der Waals surface area contributed by atoms with Gasteiger partial charge in [0.25, 0.3) is 5.91 Å². The molecule has 1 unspecified atom stereocenters. The number of benzene rings is 1. The van der Waals surface area contributed by atoms with E-state index in [1.54, 1.807) is 19.1 Å². The standard InChI is InChI=1S/C11H16BrN3O/c1-7-4-5-8(12)6-9(7)10(13)11(16)14-15(2)3/h4-6,10H,13H2,1-3H3,(H,14,16).